The number of fused-ring (bicyclic) bond motifs is 1. The van der Waals surface area contributed by atoms with Crippen LogP contribution in [0, 0.1) is 11.8 Å². The van der Waals surface area contributed by atoms with Gasteiger partial charge in [-0.05, 0) is 23.3 Å². The van der Waals surface area contributed by atoms with E-state index in [0.29, 0.717) is 36.5 Å². The van der Waals surface area contributed by atoms with Gasteiger partial charge in [0, 0.05) is 12.8 Å². The molecule has 1 aromatic heterocycles. The number of benzene rings is 2. The molecule has 0 atom stereocenters. The van der Waals surface area contributed by atoms with Crippen molar-refractivity contribution >= 4 is 17.4 Å². The second kappa shape index (κ2) is 7.95. The lowest BCUT2D eigenvalue weighted by molar-refractivity contribution is 0.0697. The van der Waals surface area contributed by atoms with Crippen LogP contribution in [0.2, 0.25) is 0 Å². The summed E-state index contributed by atoms with van der Waals surface area (Å²) in [6, 6.07) is 16.4. The number of carbonyl (C=O) groups is 1. The normalized spacial score (nSPS) is 11.9. The van der Waals surface area contributed by atoms with Crippen LogP contribution >= 0.6 is 0 Å². The minimum Gasteiger partial charge on any atom is -0.478 e. The van der Waals surface area contributed by atoms with Crippen molar-refractivity contribution in [2.24, 2.45) is 4.99 Å². The van der Waals surface area contributed by atoms with E-state index in [1.807, 2.05) is 30.3 Å². The van der Waals surface area contributed by atoms with E-state index in [9.17, 15) is 9.59 Å². The van der Waals surface area contributed by atoms with Crippen LogP contribution in [0.5, 0.6) is 0 Å². The maximum atomic E-state index is 12.8. The molecule has 6 heteroatoms. The Hall–Kier alpha value is -3.98. The fourth-order valence-electron chi connectivity index (χ4n) is 3.07. The molecule has 0 saturated carbocycles. The Morgan fingerprint density at radius 2 is 1.83 bits per heavy atom. The van der Waals surface area contributed by atoms with Crippen LogP contribution < -0.4 is 5.56 Å². The Kier molecular flexibility index (Phi) is 5.04. The van der Waals surface area contributed by atoms with E-state index in [4.69, 9.17) is 5.11 Å². The van der Waals surface area contributed by atoms with E-state index >= 15 is 0 Å². The molecule has 6 nitrogen and oxygen atoms in total. The largest absolute Gasteiger partial charge is 0.478 e. The van der Waals surface area contributed by atoms with E-state index in [1.54, 1.807) is 12.1 Å². The Balaban J connectivity index is 1.51. The summed E-state index contributed by atoms with van der Waals surface area (Å²) in [4.78, 5) is 32.5. The summed E-state index contributed by atoms with van der Waals surface area (Å²) in [7, 11) is 0. The molecular formula is C23H17N3O3. The third-order valence-corrected chi connectivity index (χ3v) is 4.59. The van der Waals surface area contributed by atoms with E-state index in [2.05, 4.69) is 21.8 Å². The van der Waals surface area contributed by atoms with Crippen molar-refractivity contribution in [1.82, 2.24) is 9.55 Å². The molecule has 0 aliphatic carbocycles. The van der Waals surface area contributed by atoms with Gasteiger partial charge < -0.3 is 5.11 Å². The maximum absolute atomic E-state index is 12.8. The average molecular weight is 383 g/mol. The molecule has 0 saturated heterocycles. The fourth-order valence-corrected chi connectivity index (χ4v) is 3.07. The van der Waals surface area contributed by atoms with Crippen LogP contribution in [-0.2, 0) is 19.4 Å². The first-order valence-corrected chi connectivity index (χ1v) is 9.11. The van der Waals surface area contributed by atoms with Gasteiger partial charge >= 0.3 is 5.97 Å². The quantitative estimate of drug-likeness (QED) is 0.702. The van der Waals surface area contributed by atoms with Crippen LogP contribution in [0.3, 0.4) is 0 Å². The lowest BCUT2D eigenvalue weighted by Crippen LogP contribution is -2.21. The Morgan fingerprint density at radius 3 is 2.55 bits per heavy atom. The summed E-state index contributed by atoms with van der Waals surface area (Å²) in [6.45, 7) is 0.295. The highest BCUT2D eigenvalue weighted by Gasteiger charge is 2.19. The molecule has 4 rings (SSSR count). The van der Waals surface area contributed by atoms with Gasteiger partial charge in [0.05, 0.1) is 29.8 Å². The van der Waals surface area contributed by atoms with Crippen LogP contribution in [0.25, 0.3) is 0 Å². The first-order chi connectivity index (χ1) is 14.1. The molecular weight excluding hydrogens is 366 g/mol. The van der Waals surface area contributed by atoms with Crippen LogP contribution in [0.15, 0.2) is 70.7 Å². The minimum atomic E-state index is -0.983. The zero-order valence-electron chi connectivity index (χ0n) is 15.5. The SMILES string of the molecule is O=C(O)c1ccc(Cn2cnc3c(c2=O)N=C(C#CCc2ccccc2)C3)cc1. The maximum Gasteiger partial charge on any atom is 0.335 e. The van der Waals surface area contributed by atoms with Crippen LogP contribution in [-0.4, -0.2) is 26.3 Å². The van der Waals surface area contributed by atoms with Crippen molar-refractivity contribution in [3.63, 3.8) is 0 Å². The molecule has 0 radical (unpaired) electrons. The third kappa shape index (κ3) is 4.14. The second-order valence-corrected chi connectivity index (χ2v) is 6.67. The monoisotopic (exact) mass is 383 g/mol. The molecule has 0 bridgehead atoms. The van der Waals surface area contributed by atoms with Gasteiger partial charge in [0.25, 0.3) is 5.56 Å². The number of carboxylic acids is 1. The van der Waals surface area contributed by atoms with Crippen molar-refractivity contribution in [3.8, 4) is 11.8 Å². The first-order valence-electron chi connectivity index (χ1n) is 9.11. The molecule has 0 unspecified atom stereocenters. The molecule has 3 aromatic rings. The van der Waals surface area contributed by atoms with Gasteiger partial charge in [0.1, 0.15) is 0 Å². The summed E-state index contributed by atoms with van der Waals surface area (Å²) in [5.41, 5.74) is 3.53. The van der Waals surface area contributed by atoms with Crippen molar-refractivity contribution in [1.29, 1.82) is 0 Å². The zero-order chi connectivity index (χ0) is 20.2. The fraction of sp³-hybridized carbons (Fsp3) is 0.130. The molecule has 2 aromatic carbocycles. The highest BCUT2D eigenvalue weighted by Crippen LogP contribution is 2.20. The summed E-state index contributed by atoms with van der Waals surface area (Å²) < 4.78 is 1.47. The molecule has 0 fully saturated rings. The smallest absolute Gasteiger partial charge is 0.335 e. The van der Waals surface area contributed by atoms with E-state index in [-0.39, 0.29) is 11.1 Å². The Labute approximate surface area is 167 Å². The van der Waals surface area contributed by atoms with Crippen LogP contribution in [0.4, 0.5) is 5.69 Å². The first kappa shape index (κ1) is 18.4. The van der Waals surface area contributed by atoms with Gasteiger partial charge in [-0.25, -0.2) is 14.8 Å². The standard InChI is InChI=1S/C23H17N3O3/c27-22-21-20(13-19(25-21)8-4-7-16-5-2-1-3-6-16)24-15-26(22)14-17-9-11-18(12-10-17)23(28)29/h1-3,5-6,9-12,15H,7,13-14H2,(H,28,29). The Morgan fingerprint density at radius 1 is 1.07 bits per heavy atom. The predicted octanol–water partition coefficient (Wildman–Crippen LogP) is 2.86. The third-order valence-electron chi connectivity index (χ3n) is 4.59. The van der Waals surface area contributed by atoms with Crippen molar-refractivity contribution in [2.75, 3.05) is 0 Å². The molecule has 1 N–H and O–H groups in total. The summed E-state index contributed by atoms with van der Waals surface area (Å²) in [5, 5.41) is 8.98. The zero-order valence-corrected chi connectivity index (χ0v) is 15.5. The highest BCUT2D eigenvalue weighted by molar-refractivity contribution is 6.06. The number of aromatic carboxylic acids is 1. The Bertz CT molecular complexity index is 1210. The molecule has 0 amide bonds. The highest BCUT2D eigenvalue weighted by atomic mass is 16.4. The van der Waals surface area contributed by atoms with Gasteiger partial charge in [-0.1, -0.05) is 54.3 Å². The average Bonchev–Trinajstić information content (AvgIpc) is 3.15. The second-order valence-electron chi connectivity index (χ2n) is 6.67. The van der Waals surface area contributed by atoms with Gasteiger partial charge in [0.2, 0.25) is 0 Å². The van der Waals surface area contributed by atoms with Crippen molar-refractivity contribution < 1.29 is 9.90 Å². The number of aliphatic imine (C=N–C) groups is 1. The molecule has 1 aliphatic heterocycles. The number of nitrogens with zero attached hydrogens (tertiary/aromatic N) is 3. The van der Waals surface area contributed by atoms with Gasteiger partial charge in [0.15, 0.2) is 5.69 Å². The lowest BCUT2D eigenvalue weighted by atomic mass is 10.1. The number of aromatic nitrogens is 2. The number of hydrogen-bond acceptors (Lipinski definition) is 4. The van der Waals surface area contributed by atoms with E-state index in [1.165, 1.54) is 23.0 Å². The van der Waals surface area contributed by atoms with E-state index < -0.39 is 5.97 Å². The van der Waals surface area contributed by atoms with Gasteiger partial charge in [-0.15, -0.1) is 0 Å². The molecule has 29 heavy (non-hydrogen) atoms. The molecule has 0 spiro atoms. The van der Waals surface area contributed by atoms with Crippen molar-refractivity contribution in [3.05, 3.63) is 93.7 Å². The molecule has 2 heterocycles. The summed E-state index contributed by atoms with van der Waals surface area (Å²) >= 11 is 0. The molecule has 1 aliphatic rings. The summed E-state index contributed by atoms with van der Waals surface area (Å²) in [6.07, 6.45) is 2.59. The number of hydrogen-bond donors (Lipinski definition) is 1. The summed E-state index contributed by atoms with van der Waals surface area (Å²) in [5.74, 6) is 5.16. The van der Waals surface area contributed by atoms with Gasteiger partial charge in [-0.3, -0.25) is 9.36 Å². The topological polar surface area (TPSA) is 84.5 Å². The predicted molar refractivity (Wildman–Crippen MR) is 110 cm³/mol. The van der Waals surface area contributed by atoms with Crippen LogP contribution in [0.1, 0.15) is 27.2 Å². The molecule has 142 valence electrons. The number of carboxylic acid groups (broad SMARTS) is 1. The van der Waals surface area contributed by atoms with E-state index in [0.717, 1.165) is 11.1 Å². The van der Waals surface area contributed by atoms with Gasteiger partial charge in [-0.2, -0.15) is 0 Å². The van der Waals surface area contributed by atoms with Crippen molar-refractivity contribution in [2.45, 2.75) is 19.4 Å². The number of rotatable bonds is 4. The lowest BCUT2D eigenvalue weighted by Gasteiger charge is -2.07. The minimum absolute atomic E-state index is 0.205.